The SMILES string of the molecule is COC(=O)C(C1CCCN(C(=O)CCC2CCN(C(=O)OCc3ccccc3)CC2)C1)[C@H](NC(=O)c1ccccc1)C(N)=O. The number of likely N-dealkylation sites (tertiary alicyclic amines) is 2. The highest BCUT2D eigenvalue weighted by Gasteiger charge is 2.42. The number of benzene rings is 2. The Morgan fingerprint density at radius 2 is 1.57 bits per heavy atom. The van der Waals surface area contributed by atoms with E-state index in [1.54, 1.807) is 40.1 Å². The van der Waals surface area contributed by atoms with Crippen molar-refractivity contribution in [3.05, 3.63) is 71.8 Å². The van der Waals surface area contributed by atoms with Crippen molar-refractivity contribution in [3.8, 4) is 0 Å². The van der Waals surface area contributed by atoms with Gasteiger partial charge in [-0.25, -0.2) is 4.79 Å². The van der Waals surface area contributed by atoms with Gasteiger partial charge in [-0.05, 0) is 61.6 Å². The van der Waals surface area contributed by atoms with E-state index in [0.29, 0.717) is 56.8 Å². The van der Waals surface area contributed by atoms with Crippen molar-refractivity contribution in [2.75, 3.05) is 33.3 Å². The number of primary amides is 1. The fourth-order valence-electron chi connectivity index (χ4n) is 6.12. The zero-order valence-electron chi connectivity index (χ0n) is 25.2. The van der Waals surface area contributed by atoms with Gasteiger partial charge in [0.1, 0.15) is 12.6 Å². The van der Waals surface area contributed by atoms with Crippen molar-refractivity contribution < 1.29 is 33.4 Å². The number of nitrogens with zero attached hydrogens (tertiary/aromatic N) is 2. The molecule has 44 heavy (non-hydrogen) atoms. The zero-order chi connectivity index (χ0) is 31.5. The third-order valence-corrected chi connectivity index (χ3v) is 8.62. The quantitative estimate of drug-likeness (QED) is 0.374. The molecule has 0 spiro atoms. The molecule has 0 radical (unpaired) electrons. The maximum Gasteiger partial charge on any atom is 0.410 e. The van der Waals surface area contributed by atoms with Crippen molar-refractivity contribution in [1.29, 1.82) is 0 Å². The van der Waals surface area contributed by atoms with Gasteiger partial charge >= 0.3 is 12.1 Å². The van der Waals surface area contributed by atoms with Crippen LogP contribution in [0.5, 0.6) is 0 Å². The lowest BCUT2D eigenvalue weighted by molar-refractivity contribution is -0.152. The Balaban J connectivity index is 1.28. The predicted molar refractivity (Wildman–Crippen MR) is 162 cm³/mol. The maximum atomic E-state index is 13.3. The molecule has 2 fully saturated rings. The van der Waals surface area contributed by atoms with E-state index in [9.17, 15) is 24.0 Å². The standard InChI is InChI=1S/C33H42N4O7/c1-43-32(41)28(29(30(34)39)35-31(40)25-11-6-3-7-12-25)26-13-8-18-37(21-26)27(38)15-14-23-16-19-36(20-17-23)33(42)44-22-24-9-4-2-5-10-24/h2-7,9-12,23,26,28-29H,8,13-22H2,1H3,(H2,34,39)(H,35,40)/t26?,28?,29-/m0/s1. The van der Waals surface area contributed by atoms with Crippen LogP contribution in [0.1, 0.15) is 54.4 Å². The van der Waals surface area contributed by atoms with Crippen LogP contribution in [-0.4, -0.2) is 78.9 Å². The number of hydrogen-bond donors (Lipinski definition) is 2. The molecule has 2 saturated heterocycles. The van der Waals surface area contributed by atoms with E-state index in [2.05, 4.69) is 5.32 Å². The molecule has 2 aliphatic heterocycles. The van der Waals surface area contributed by atoms with E-state index in [-0.39, 0.29) is 25.2 Å². The minimum Gasteiger partial charge on any atom is -0.469 e. The van der Waals surface area contributed by atoms with Crippen molar-refractivity contribution in [3.63, 3.8) is 0 Å². The summed E-state index contributed by atoms with van der Waals surface area (Å²) in [6, 6.07) is 16.6. The second kappa shape index (κ2) is 15.9. The first-order chi connectivity index (χ1) is 21.3. The lowest BCUT2D eigenvalue weighted by Gasteiger charge is -2.38. The van der Waals surface area contributed by atoms with Crippen LogP contribution in [-0.2, 0) is 30.5 Å². The molecule has 11 nitrogen and oxygen atoms in total. The number of rotatable bonds is 11. The first-order valence-corrected chi connectivity index (χ1v) is 15.2. The molecule has 236 valence electrons. The molecule has 2 heterocycles. The van der Waals surface area contributed by atoms with Crippen LogP contribution >= 0.6 is 0 Å². The van der Waals surface area contributed by atoms with E-state index >= 15 is 0 Å². The van der Waals surface area contributed by atoms with E-state index in [1.807, 2.05) is 30.3 Å². The average Bonchev–Trinajstić information content (AvgIpc) is 3.06. The number of carbonyl (C=O) groups is 5. The molecule has 2 aromatic rings. The summed E-state index contributed by atoms with van der Waals surface area (Å²) in [5.74, 6) is -3.19. The second-order valence-corrected chi connectivity index (χ2v) is 11.5. The van der Waals surface area contributed by atoms with Crippen LogP contribution in [0, 0.1) is 17.8 Å². The molecule has 3 atom stereocenters. The molecule has 0 aliphatic carbocycles. The molecular weight excluding hydrogens is 564 g/mol. The Kier molecular flexibility index (Phi) is 11.7. The number of ether oxygens (including phenoxy) is 2. The van der Waals surface area contributed by atoms with Gasteiger partial charge in [0.05, 0.1) is 13.0 Å². The van der Waals surface area contributed by atoms with Crippen LogP contribution in [0.3, 0.4) is 0 Å². The summed E-state index contributed by atoms with van der Waals surface area (Å²) in [6.45, 7) is 2.22. The molecular formula is C33H42N4O7. The number of piperidine rings is 2. The molecule has 11 heteroatoms. The lowest BCUT2D eigenvalue weighted by Crippen LogP contribution is -2.56. The molecule has 3 N–H and O–H groups in total. The largest absolute Gasteiger partial charge is 0.469 e. The number of nitrogens with one attached hydrogen (secondary N) is 1. The molecule has 4 amide bonds. The third-order valence-electron chi connectivity index (χ3n) is 8.62. The third kappa shape index (κ3) is 8.81. The number of methoxy groups -OCH3 is 1. The molecule has 2 unspecified atom stereocenters. The highest BCUT2D eigenvalue weighted by Crippen LogP contribution is 2.30. The van der Waals surface area contributed by atoms with Crippen molar-refractivity contribution in [1.82, 2.24) is 15.1 Å². The highest BCUT2D eigenvalue weighted by molar-refractivity contribution is 5.98. The van der Waals surface area contributed by atoms with Gasteiger partial charge in [0.2, 0.25) is 11.8 Å². The van der Waals surface area contributed by atoms with Gasteiger partial charge in [-0.15, -0.1) is 0 Å². The van der Waals surface area contributed by atoms with Gasteiger partial charge in [0.15, 0.2) is 0 Å². The molecule has 2 aliphatic rings. The second-order valence-electron chi connectivity index (χ2n) is 11.5. The first kappa shape index (κ1) is 32.5. The summed E-state index contributed by atoms with van der Waals surface area (Å²) in [7, 11) is 1.23. The van der Waals surface area contributed by atoms with Gasteiger partial charge < -0.3 is 30.3 Å². The summed E-state index contributed by atoms with van der Waals surface area (Å²) in [4.78, 5) is 67.5. The Labute approximate surface area is 258 Å². The minimum atomic E-state index is -1.29. The average molecular weight is 607 g/mol. The van der Waals surface area contributed by atoms with Crippen LogP contribution in [0.25, 0.3) is 0 Å². The van der Waals surface area contributed by atoms with E-state index in [1.165, 1.54) is 7.11 Å². The monoisotopic (exact) mass is 606 g/mol. The predicted octanol–water partition coefficient (Wildman–Crippen LogP) is 3.13. The van der Waals surface area contributed by atoms with Crippen LogP contribution in [0.15, 0.2) is 60.7 Å². The van der Waals surface area contributed by atoms with Crippen molar-refractivity contribution >= 4 is 29.8 Å². The Bertz CT molecular complexity index is 1280. The Morgan fingerprint density at radius 3 is 2.20 bits per heavy atom. The van der Waals surface area contributed by atoms with Crippen LogP contribution < -0.4 is 11.1 Å². The molecule has 0 bridgehead atoms. The van der Waals surface area contributed by atoms with E-state index in [4.69, 9.17) is 15.2 Å². The smallest absolute Gasteiger partial charge is 0.410 e. The summed E-state index contributed by atoms with van der Waals surface area (Å²) >= 11 is 0. The number of amides is 4. The maximum absolute atomic E-state index is 13.3. The summed E-state index contributed by atoms with van der Waals surface area (Å²) in [5.41, 5.74) is 6.96. The lowest BCUT2D eigenvalue weighted by atomic mass is 9.80. The zero-order valence-corrected chi connectivity index (χ0v) is 25.2. The molecule has 4 rings (SSSR count). The molecule has 0 aromatic heterocycles. The topological polar surface area (TPSA) is 148 Å². The highest BCUT2D eigenvalue weighted by atomic mass is 16.6. The molecule has 0 saturated carbocycles. The van der Waals surface area contributed by atoms with Gasteiger partial charge in [0.25, 0.3) is 5.91 Å². The number of esters is 1. The van der Waals surface area contributed by atoms with E-state index in [0.717, 1.165) is 18.4 Å². The van der Waals surface area contributed by atoms with Crippen molar-refractivity contribution in [2.45, 2.75) is 51.2 Å². The normalized spacial score (nSPS) is 18.5. The fraction of sp³-hybridized carbons (Fsp3) is 0.485. The Morgan fingerprint density at radius 1 is 0.909 bits per heavy atom. The summed E-state index contributed by atoms with van der Waals surface area (Å²) in [6.07, 6.45) is 3.54. The van der Waals surface area contributed by atoms with Gasteiger partial charge in [0, 0.05) is 38.2 Å². The van der Waals surface area contributed by atoms with Gasteiger partial charge in [-0.2, -0.15) is 0 Å². The van der Waals surface area contributed by atoms with Crippen LogP contribution in [0.2, 0.25) is 0 Å². The van der Waals surface area contributed by atoms with E-state index < -0.39 is 35.7 Å². The Hall–Kier alpha value is -4.41. The van der Waals surface area contributed by atoms with Crippen molar-refractivity contribution in [2.24, 2.45) is 23.5 Å². The summed E-state index contributed by atoms with van der Waals surface area (Å²) < 4.78 is 10.5. The fourth-order valence-corrected chi connectivity index (χ4v) is 6.12. The van der Waals surface area contributed by atoms with Gasteiger partial charge in [-0.1, -0.05) is 48.5 Å². The van der Waals surface area contributed by atoms with Crippen LogP contribution in [0.4, 0.5) is 4.79 Å². The summed E-state index contributed by atoms with van der Waals surface area (Å²) in [5, 5.41) is 2.63. The van der Waals surface area contributed by atoms with Gasteiger partial charge in [-0.3, -0.25) is 19.2 Å². The molecule has 2 aromatic carbocycles. The number of hydrogen-bond acceptors (Lipinski definition) is 7. The number of carbonyl (C=O) groups excluding carboxylic acids is 5. The minimum absolute atomic E-state index is 0.0213. The first-order valence-electron chi connectivity index (χ1n) is 15.2. The number of nitrogens with two attached hydrogens (primary N) is 1.